The molecule has 0 bridgehead atoms. The first kappa shape index (κ1) is 19.2. The highest BCUT2D eigenvalue weighted by Gasteiger charge is 2.32. The van der Waals surface area contributed by atoms with E-state index in [0.717, 1.165) is 11.6 Å². The highest BCUT2D eigenvalue weighted by atomic mass is 32.2. The summed E-state index contributed by atoms with van der Waals surface area (Å²) in [6.07, 6.45) is 0. The summed E-state index contributed by atoms with van der Waals surface area (Å²) in [6, 6.07) is 19.0. The van der Waals surface area contributed by atoms with Gasteiger partial charge in [-0.3, -0.25) is 14.9 Å². The lowest BCUT2D eigenvalue weighted by molar-refractivity contribution is -0.384. The van der Waals surface area contributed by atoms with E-state index in [0.29, 0.717) is 4.31 Å². The molecule has 3 aromatic carbocycles. The monoisotopic (exact) mass is 396 g/mol. The van der Waals surface area contributed by atoms with Crippen LogP contribution in [0.3, 0.4) is 0 Å². The molecule has 0 aliphatic carbocycles. The van der Waals surface area contributed by atoms with Crippen molar-refractivity contribution < 1.29 is 18.1 Å². The number of benzene rings is 3. The Labute approximate surface area is 162 Å². The van der Waals surface area contributed by atoms with Gasteiger partial charge in [-0.15, -0.1) is 0 Å². The van der Waals surface area contributed by atoms with Crippen LogP contribution in [-0.4, -0.2) is 19.2 Å². The van der Waals surface area contributed by atoms with Gasteiger partial charge in [0, 0.05) is 17.7 Å². The van der Waals surface area contributed by atoms with Crippen molar-refractivity contribution in [2.75, 3.05) is 4.31 Å². The minimum absolute atomic E-state index is 0.0549. The van der Waals surface area contributed by atoms with Gasteiger partial charge in [0.25, 0.3) is 21.6 Å². The molecular formula is C20H16N2O5S. The van der Waals surface area contributed by atoms with Gasteiger partial charge in [0.05, 0.1) is 15.5 Å². The summed E-state index contributed by atoms with van der Waals surface area (Å²) in [6.45, 7) is 1.82. The van der Waals surface area contributed by atoms with E-state index in [9.17, 15) is 23.3 Å². The molecule has 0 spiro atoms. The number of hydrogen-bond donors (Lipinski definition) is 0. The van der Waals surface area contributed by atoms with Crippen LogP contribution in [0.25, 0.3) is 0 Å². The van der Waals surface area contributed by atoms with E-state index in [2.05, 4.69) is 0 Å². The van der Waals surface area contributed by atoms with E-state index in [1.54, 1.807) is 30.3 Å². The smallest absolute Gasteiger partial charge is 0.268 e. The number of nitro benzene ring substituents is 1. The summed E-state index contributed by atoms with van der Waals surface area (Å²) < 4.78 is 27.2. The Kier molecular flexibility index (Phi) is 5.23. The van der Waals surface area contributed by atoms with E-state index in [4.69, 9.17) is 0 Å². The molecule has 142 valence electrons. The maximum atomic E-state index is 13.2. The molecule has 0 saturated carbocycles. The fraction of sp³-hybridized carbons (Fsp3) is 0.0500. The summed E-state index contributed by atoms with van der Waals surface area (Å²) in [5, 5.41) is 11.0. The maximum absolute atomic E-state index is 13.2. The number of rotatable bonds is 5. The normalized spacial score (nSPS) is 11.0. The molecule has 7 nitrogen and oxygen atoms in total. The van der Waals surface area contributed by atoms with Gasteiger partial charge in [-0.1, -0.05) is 42.0 Å². The Morgan fingerprint density at radius 2 is 1.57 bits per heavy atom. The minimum atomic E-state index is -4.24. The van der Waals surface area contributed by atoms with Crippen LogP contribution < -0.4 is 4.31 Å². The third-order valence-corrected chi connectivity index (χ3v) is 5.76. The Morgan fingerprint density at radius 1 is 0.929 bits per heavy atom. The van der Waals surface area contributed by atoms with Gasteiger partial charge < -0.3 is 0 Å². The second-order valence-corrected chi connectivity index (χ2v) is 7.82. The summed E-state index contributed by atoms with van der Waals surface area (Å²) in [5.41, 5.74) is 0.607. The van der Waals surface area contributed by atoms with Gasteiger partial charge in [0.1, 0.15) is 0 Å². The lowest BCUT2D eigenvalue weighted by atomic mass is 10.2. The highest BCUT2D eigenvalue weighted by Crippen LogP contribution is 2.27. The molecule has 3 rings (SSSR count). The number of aryl methyl sites for hydroxylation is 1. The van der Waals surface area contributed by atoms with E-state index >= 15 is 0 Å². The molecule has 0 heterocycles. The molecule has 8 heteroatoms. The average molecular weight is 396 g/mol. The largest absolute Gasteiger partial charge is 0.272 e. The van der Waals surface area contributed by atoms with Crippen LogP contribution in [0.5, 0.6) is 0 Å². The first-order valence-corrected chi connectivity index (χ1v) is 9.70. The molecule has 0 unspecified atom stereocenters. The van der Waals surface area contributed by atoms with Gasteiger partial charge in [0.2, 0.25) is 0 Å². The van der Waals surface area contributed by atoms with Gasteiger partial charge in [0.15, 0.2) is 0 Å². The Balaban J connectivity index is 2.15. The molecule has 0 atom stereocenters. The van der Waals surface area contributed by atoms with Crippen LogP contribution in [0.2, 0.25) is 0 Å². The third-order valence-electron chi connectivity index (χ3n) is 4.04. The van der Waals surface area contributed by atoms with Crippen LogP contribution in [-0.2, 0) is 10.0 Å². The predicted molar refractivity (Wildman–Crippen MR) is 105 cm³/mol. The molecule has 0 N–H and O–H groups in total. The molecule has 0 aliphatic rings. The highest BCUT2D eigenvalue weighted by molar-refractivity contribution is 7.93. The maximum Gasteiger partial charge on any atom is 0.272 e. The van der Waals surface area contributed by atoms with E-state index in [-0.39, 0.29) is 21.8 Å². The molecule has 0 aromatic heterocycles. The van der Waals surface area contributed by atoms with E-state index in [1.165, 1.54) is 42.5 Å². The van der Waals surface area contributed by atoms with Crippen LogP contribution in [0.4, 0.5) is 11.4 Å². The van der Waals surface area contributed by atoms with Crippen LogP contribution in [0.15, 0.2) is 83.8 Å². The van der Waals surface area contributed by atoms with Crippen LogP contribution >= 0.6 is 0 Å². The molecule has 3 aromatic rings. The number of para-hydroxylation sites is 1. The molecule has 28 heavy (non-hydrogen) atoms. The number of carbonyl (C=O) groups excluding carboxylic acids is 1. The van der Waals surface area contributed by atoms with Crippen molar-refractivity contribution in [1.29, 1.82) is 0 Å². The van der Waals surface area contributed by atoms with E-state index in [1.807, 2.05) is 6.92 Å². The van der Waals surface area contributed by atoms with Gasteiger partial charge in [-0.05, 0) is 37.3 Å². The van der Waals surface area contributed by atoms with Crippen molar-refractivity contribution >= 4 is 27.3 Å². The van der Waals surface area contributed by atoms with Crippen molar-refractivity contribution in [1.82, 2.24) is 0 Å². The minimum Gasteiger partial charge on any atom is -0.268 e. The topological polar surface area (TPSA) is 97.6 Å². The van der Waals surface area contributed by atoms with E-state index < -0.39 is 20.9 Å². The number of sulfonamides is 1. The number of anilines is 1. The molecule has 1 amide bonds. The fourth-order valence-electron chi connectivity index (χ4n) is 2.61. The van der Waals surface area contributed by atoms with Crippen molar-refractivity contribution in [2.45, 2.75) is 11.8 Å². The summed E-state index contributed by atoms with van der Waals surface area (Å²) in [4.78, 5) is 23.5. The number of amides is 1. The summed E-state index contributed by atoms with van der Waals surface area (Å²) in [7, 11) is -4.24. The lowest BCUT2D eigenvalue weighted by Crippen LogP contribution is -2.37. The first-order valence-electron chi connectivity index (χ1n) is 8.26. The number of nitrogens with zero attached hydrogens (tertiary/aromatic N) is 2. The molecule has 0 aliphatic heterocycles. The zero-order valence-electron chi connectivity index (χ0n) is 14.8. The predicted octanol–water partition coefficient (Wildman–Crippen LogP) is 3.94. The van der Waals surface area contributed by atoms with Crippen molar-refractivity contribution in [3.05, 3.63) is 100 Å². The molecule has 0 saturated heterocycles. The molecule has 0 fully saturated rings. The Hall–Kier alpha value is -3.52. The number of carbonyl (C=O) groups is 1. The average Bonchev–Trinajstić information content (AvgIpc) is 2.69. The van der Waals surface area contributed by atoms with Gasteiger partial charge in [-0.25, -0.2) is 8.42 Å². The second-order valence-electron chi connectivity index (χ2n) is 6.03. The van der Waals surface area contributed by atoms with Crippen molar-refractivity contribution in [3.8, 4) is 0 Å². The molecule has 0 radical (unpaired) electrons. The first-order chi connectivity index (χ1) is 13.3. The van der Waals surface area contributed by atoms with Gasteiger partial charge >= 0.3 is 0 Å². The zero-order chi connectivity index (χ0) is 20.3. The van der Waals surface area contributed by atoms with Crippen molar-refractivity contribution in [2.24, 2.45) is 0 Å². The summed E-state index contributed by atoms with van der Waals surface area (Å²) in [5.74, 6) is -0.879. The quantitative estimate of drug-likeness (QED) is 0.481. The lowest BCUT2D eigenvalue weighted by Gasteiger charge is -2.22. The Morgan fingerprint density at radius 3 is 2.18 bits per heavy atom. The fourth-order valence-corrected chi connectivity index (χ4v) is 4.03. The van der Waals surface area contributed by atoms with Gasteiger partial charge in [-0.2, -0.15) is 4.31 Å². The Bertz CT molecular complexity index is 1130. The summed E-state index contributed by atoms with van der Waals surface area (Å²) >= 11 is 0. The third kappa shape index (κ3) is 3.77. The number of non-ortho nitro benzene ring substituents is 1. The molecular weight excluding hydrogens is 380 g/mol. The number of nitro groups is 1. The standard InChI is InChI=1S/C20H16N2O5S/c1-15-10-12-19(13-11-15)28(26,27)21(17-7-3-2-4-8-17)20(23)16-6-5-9-18(14-16)22(24)25/h2-14H,1H3. The second kappa shape index (κ2) is 7.61. The zero-order valence-corrected chi connectivity index (χ0v) is 15.7. The SMILES string of the molecule is Cc1ccc(S(=O)(=O)N(C(=O)c2cccc([N+](=O)[O-])c2)c2ccccc2)cc1. The van der Waals surface area contributed by atoms with Crippen LogP contribution in [0, 0.1) is 17.0 Å². The van der Waals surface area contributed by atoms with Crippen molar-refractivity contribution in [3.63, 3.8) is 0 Å². The number of hydrogen-bond acceptors (Lipinski definition) is 5. The van der Waals surface area contributed by atoms with Crippen LogP contribution in [0.1, 0.15) is 15.9 Å².